The highest BCUT2D eigenvalue weighted by Crippen LogP contribution is 2.30. The van der Waals surface area contributed by atoms with E-state index in [1.165, 1.54) is 30.3 Å². The van der Waals surface area contributed by atoms with E-state index in [0.717, 1.165) is 5.56 Å². The van der Waals surface area contributed by atoms with E-state index >= 15 is 0 Å². The van der Waals surface area contributed by atoms with Crippen LogP contribution < -0.4 is 0 Å². The van der Waals surface area contributed by atoms with Crippen molar-refractivity contribution in [3.05, 3.63) is 77.1 Å². The fourth-order valence-electron chi connectivity index (χ4n) is 3.38. The number of carbonyl (C=O) groups is 2. The molecule has 3 rings (SSSR count). The lowest BCUT2D eigenvalue weighted by Crippen LogP contribution is -2.38. The normalized spacial score (nSPS) is 16.3. The predicted molar refractivity (Wildman–Crippen MR) is 103 cm³/mol. The zero-order valence-corrected chi connectivity index (χ0v) is 15.3. The Labute approximate surface area is 162 Å². The lowest BCUT2D eigenvalue weighted by molar-refractivity contribution is -0.127. The Kier molecular flexibility index (Phi) is 6.21. The highest BCUT2D eigenvalue weighted by atomic mass is 19.1. The van der Waals surface area contributed by atoms with Gasteiger partial charge in [-0.2, -0.15) is 0 Å². The average Bonchev–Trinajstić information content (AvgIpc) is 2.72. The third-order valence-corrected chi connectivity index (χ3v) is 5.09. The van der Waals surface area contributed by atoms with Crippen LogP contribution in [0.15, 0.2) is 54.6 Å². The van der Waals surface area contributed by atoms with Crippen molar-refractivity contribution in [2.75, 3.05) is 13.1 Å². The molecule has 146 valence electrons. The zero-order chi connectivity index (χ0) is 20.1. The number of aliphatic hydroxyl groups is 1. The number of aromatic carboxylic acids is 1. The van der Waals surface area contributed by atoms with Crippen LogP contribution in [-0.2, 0) is 4.79 Å². The van der Waals surface area contributed by atoms with Crippen LogP contribution in [0.3, 0.4) is 0 Å². The first-order valence-corrected chi connectivity index (χ1v) is 9.18. The van der Waals surface area contributed by atoms with Crippen molar-refractivity contribution in [1.29, 1.82) is 0 Å². The molecule has 0 bridgehead atoms. The predicted octanol–water partition coefficient (Wildman–Crippen LogP) is 3.51. The van der Waals surface area contributed by atoms with E-state index in [9.17, 15) is 19.1 Å². The number of rotatable bonds is 5. The fraction of sp³-hybridized carbons (Fsp3) is 0.273. The number of hydrogen-bond donors (Lipinski definition) is 2. The molecule has 0 aromatic heterocycles. The number of hydrogen-bond acceptors (Lipinski definition) is 3. The van der Waals surface area contributed by atoms with Gasteiger partial charge >= 0.3 is 5.97 Å². The van der Waals surface area contributed by atoms with Gasteiger partial charge in [0.25, 0.3) is 0 Å². The summed E-state index contributed by atoms with van der Waals surface area (Å²) in [5.41, 5.74) is 1.64. The minimum absolute atomic E-state index is 0.0297. The first kappa shape index (κ1) is 19.8. The first-order valence-electron chi connectivity index (χ1n) is 9.18. The van der Waals surface area contributed by atoms with Gasteiger partial charge in [0.05, 0.1) is 11.7 Å². The van der Waals surface area contributed by atoms with E-state index in [0.29, 0.717) is 31.5 Å². The van der Waals surface area contributed by atoms with Crippen molar-refractivity contribution >= 4 is 18.0 Å². The molecule has 0 saturated carbocycles. The number of likely N-dealkylation sites (tertiary alicyclic amines) is 1. The second-order valence-electron chi connectivity index (χ2n) is 6.92. The van der Waals surface area contributed by atoms with E-state index in [2.05, 4.69) is 0 Å². The van der Waals surface area contributed by atoms with Crippen LogP contribution in [0.25, 0.3) is 6.08 Å². The lowest BCUT2D eigenvalue weighted by Gasteiger charge is -2.34. The molecule has 1 aliphatic rings. The van der Waals surface area contributed by atoms with Crippen molar-refractivity contribution in [2.45, 2.75) is 18.9 Å². The summed E-state index contributed by atoms with van der Waals surface area (Å²) in [6, 6.07) is 12.2. The molecule has 1 aliphatic heterocycles. The van der Waals surface area contributed by atoms with Crippen molar-refractivity contribution < 1.29 is 24.2 Å². The second kappa shape index (κ2) is 8.80. The molecule has 0 radical (unpaired) electrons. The van der Waals surface area contributed by atoms with Crippen LogP contribution in [0.4, 0.5) is 4.39 Å². The average molecular weight is 383 g/mol. The summed E-state index contributed by atoms with van der Waals surface area (Å²) in [4.78, 5) is 25.0. The van der Waals surface area contributed by atoms with Crippen LogP contribution in [0.2, 0.25) is 0 Å². The summed E-state index contributed by atoms with van der Waals surface area (Å²) in [7, 11) is 0. The number of carbonyl (C=O) groups excluding carboxylic acids is 1. The Balaban J connectivity index is 1.53. The van der Waals surface area contributed by atoms with Crippen LogP contribution >= 0.6 is 0 Å². The third-order valence-electron chi connectivity index (χ3n) is 5.09. The Morgan fingerprint density at radius 3 is 2.21 bits per heavy atom. The molecule has 1 fully saturated rings. The number of piperidine rings is 1. The SMILES string of the molecule is O=C(O)c1ccc(/C=C/C(=O)N2CCC(C(O)c3ccc(F)cc3)CC2)cc1. The molecule has 1 atom stereocenters. The van der Waals surface area contributed by atoms with Crippen molar-refractivity contribution in [3.8, 4) is 0 Å². The van der Waals surface area contributed by atoms with Gasteiger partial charge in [-0.05, 0) is 60.2 Å². The Hall–Kier alpha value is -2.99. The Morgan fingerprint density at radius 2 is 1.64 bits per heavy atom. The minimum atomic E-state index is -0.989. The monoisotopic (exact) mass is 383 g/mol. The smallest absolute Gasteiger partial charge is 0.335 e. The zero-order valence-electron chi connectivity index (χ0n) is 15.3. The maximum atomic E-state index is 13.0. The molecule has 2 aromatic carbocycles. The van der Waals surface area contributed by atoms with Gasteiger partial charge in [-0.1, -0.05) is 24.3 Å². The topological polar surface area (TPSA) is 77.8 Å². The Morgan fingerprint density at radius 1 is 1.04 bits per heavy atom. The fourth-order valence-corrected chi connectivity index (χ4v) is 3.38. The molecular formula is C22H22FNO4. The van der Waals surface area contributed by atoms with Crippen molar-refractivity contribution in [1.82, 2.24) is 4.90 Å². The summed E-state index contributed by atoms with van der Waals surface area (Å²) in [6.45, 7) is 1.09. The van der Waals surface area contributed by atoms with E-state index in [1.54, 1.807) is 35.2 Å². The van der Waals surface area contributed by atoms with E-state index < -0.39 is 12.1 Å². The van der Waals surface area contributed by atoms with Gasteiger partial charge in [-0.15, -0.1) is 0 Å². The van der Waals surface area contributed by atoms with Crippen molar-refractivity contribution in [3.63, 3.8) is 0 Å². The second-order valence-corrected chi connectivity index (χ2v) is 6.92. The number of carboxylic acid groups (broad SMARTS) is 1. The van der Waals surface area contributed by atoms with Gasteiger partial charge in [0.2, 0.25) is 5.91 Å². The summed E-state index contributed by atoms with van der Waals surface area (Å²) in [5, 5.41) is 19.4. The third kappa shape index (κ3) is 4.84. The summed E-state index contributed by atoms with van der Waals surface area (Å²) < 4.78 is 13.0. The molecule has 1 unspecified atom stereocenters. The van der Waals surface area contributed by atoms with Crippen LogP contribution in [0.1, 0.15) is 40.4 Å². The quantitative estimate of drug-likeness (QED) is 0.775. The van der Waals surface area contributed by atoms with Crippen LogP contribution in [0.5, 0.6) is 0 Å². The maximum Gasteiger partial charge on any atom is 0.335 e. The van der Waals surface area contributed by atoms with Gasteiger partial charge in [0, 0.05) is 19.2 Å². The highest BCUT2D eigenvalue weighted by Gasteiger charge is 2.27. The van der Waals surface area contributed by atoms with Crippen molar-refractivity contribution in [2.24, 2.45) is 5.92 Å². The van der Waals surface area contributed by atoms with Gasteiger partial charge in [-0.25, -0.2) is 9.18 Å². The molecule has 28 heavy (non-hydrogen) atoms. The molecule has 1 saturated heterocycles. The molecule has 0 aliphatic carbocycles. The summed E-state index contributed by atoms with van der Waals surface area (Å²) in [6.07, 6.45) is 3.82. The molecule has 6 heteroatoms. The molecule has 0 spiro atoms. The standard InChI is InChI=1S/C22H22FNO4/c23-19-8-6-16(7-9-19)21(26)17-11-13-24(14-12-17)20(25)10-3-15-1-4-18(5-2-15)22(27)28/h1-10,17,21,26H,11-14H2,(H,27,28)/b10-3+. The molecular weight excluding hydrogens is 361 g/mol. The molecule has 2 aromatic rings. The molecule has 5 nitrogen and oxygen atoms in total. The minimum Gasteiger partial charge on any atom is -0.478 e. The summed E-state index contributed by atoms with van der Waals surface area (Å²) in [5.74, 6) is -1.41. The largest absolute Gasteiger partial charge is 0.478 e. The van der Waals surface area contributed by atoms with E-state index in [-0.39, 0.29) is 23.2 Å². The first-order chi connectivity index (χ1) is 13.4. The molecule has 2 N–H and O–H groups in total. The van der Waals surface area contributed by atoms with E-state index in [1.807, 2.05) is 0 Å². The van der Waals surface area contributed by atoms with Gasteiger partial charge in [0.1, 0.15) is 5.82 Å². The lowest BCUT2D eigenvalue weighted by atomic mass is 9.87. The summed E-state index contributed by atoms with van der Waals surface area (Å²) >= 11 is 0. The van der Waals surface area contributed by atoms with Gasteiger partial charge in [-0.3, -0.25) is 4.79 Å². The van der Waals surface area contributed by atoms with Gasteiger partial charge < -0.3 is 15.1 Å². The maximum absolute atomic E-state index is 13.0. The number of benzene rings is 2. The highest BCUT2D eigenvalue weighted by molar-refractivity contribution is 5.92. The number of carboxylic acids is 1. The number of amides is 1. The molecule has 1 amide bonds. The number of halogens is 1. The van der Waals surface area contributed by atoms with E-state index in [4.69, 9.17) is 5.11 Å². The Bertz CT molecular complexity index is 853. The van der Waals surface area contributed by atoms with Gasteiger partial charge in [0.15, 0.2) is 0 Å². The number of aliphatic hydroxyl groups excluding tert-OH is 1. The molecule has 1 heterocycles. The van der Waals surface area contributed by atoms with Crippen LogP contribution in [0, 0.1) is 11.7 Å². The number of nitrogens with zero attached hydrogens (tertiary/aromatic N) is 1. The van der Waals surface area contributed by atoms with Crippen LogP contribution in [-0.4, -0.2) is 40.1 Å².